The van der Waals surface area contributed by atoms with E-state index in [0.717, 1.165) is 12.8 Å². The second-order valence-corrected chi connectivity index (χ2v) is 5.04. The van der Waals surface area contributed by atoms with Crippen LogP contribution in [0.2, 0.25) is 0 Å². The minimum Gasteiger partial charge on any atom is -0.460 e. The quantitative estimate of drug-likeness (QED) is 0.848. The van der Waals surface area contributed by atoms with Crippen LogP contribution in [0.4, 0.5) is 13.2 Å². The number of halogens is 3. The highest BCUT2D eigenvalue weighted by atomic mass is 19.4. The van der Waals surface area contributed by atoms with E-state index in [9.17, 15) is 13.2 Å². The number of nitrogens with zero attached hydrogens (tertiary/aromatic N) is 2. The fraction of sp³-hybridized carbons (Fsp3) is 0.769. The number of ether oxygens (including phenoxy) is 1. The number of likely N-dealkylation sites (tertiary alicyclic amines) is 1. The van der Waals surface area contributed by atoms with Gasteiger partial charge in [0.25, 0.3) is 6.02 Å². The third-order valence-electron chi connectivity index (χ3n) is 3.79. The van der Waals surface area contributed by atoms with E-state index in [0.29, 0.717) is 25.6 Å². The molecule has 2 heterocycles. The molecule has 1 saturated heterocycles. The highest BCUT2D eigenvalue weighted by Crippen LogP contribution is 2.33. The van der Waals surface area contributed by atoms with Crippen LogP contribution in [-0.2, 0) is 4.74 Å². The highest BCUT2D eigenvalue weighted by Gasteiger charge is 2.39. The first kappa shape index (κ1) is 15.2. The molecule has 2 aliphatic heterocycles. The number of hydrogen-bond donors (Lipinski definition) is 1. The minimum atomic E-state index is -4.41. The van der Waals surface area contributed by atoms with E-state index in [4.69, 9.17) is 4.74 Å². The largest absolute Gasteiger partial charge is 0.460 e. The van der Waals surface area contributed by atoms with Crippen LogP contribution in [0.3, 0.4) is 0 Å². The van der Waals surface area contributed by atoms with Gasteiger partial charge in [-0.25, -0.2) is 0 Å². The summed E-state index contributed by atoms with van der Waals surface area (Å²) < 4.78 is 44.4. The van der Waals surface area contributed by atoms with Gasteiger partial charge in [-0.2, -0.15) is 18.2 Å². The Morgan fingerprint density at radius 2 is 2.00 bits per heavy atom. The van der Waals surface area contributed by atoms with Gasteiger partial charge in [0, 0.05) is 19.1 Å². The second kappa shape index (κ2) is 6.03. The van der Waals surface area contributed by atoms with E-state index < -0.39 is 11.9 Å². The summed E-state index contributed by atoms with van der Waals surface area (Å²) in [5.74, 6) is 0. The molecule has 2 aliphatic rings. The second-order valence-electron chi connectivity index (χ2n) is 5.04. The first-order valence-corrected chi connectivity index (χ1v) is 6.88. The Hall–Kier alpha value is -1.24. The van der Waals surface area contributed by atoms with Crippen LogP contribution in [0.25, 0.3) is 0 Å². The molecular weight excluding hydrogens is 271 g/mol. The molecule has 7 heteroatoms. The van der Waals surface area contributed by atoms with Crippen molar-refractivity contribution in [2.75, 3.05) is 26.7 Å². The van der Waals surface area contributed by atoms with E-state index in [-0.39, 0.29) is 18.2 Å². The smallest absolute Gasteiger partial charge is 0.433 e. The summed E-state index contributed by atoms with van der Waals surface area (Å²) >= 11 is 0. The molecule has 0 bridgehead atoms. The molecule has 1 fully saturated rings. The van der Waals surface area contributed by atoms with E-state index in [1.165, 1.54) is 0 Å². The third-order valence-corrected chi connectivity index (χ3v) is 3.79. The van der Waals surface area contributed by atoms with Crippen molar-refractivity contribution in [1.82, 2.24) is 10.2 Å². The van der Waals surface area contributed by atoms with Crippen LogP contribution in [-0.4, -0.2) is 49.9 Å². The van der Waals surface area contributed by atoms with Gasteiger partial charge < -0.3 is 15.0 Å². The molecule has 2 rings (SSSR count). The molecule has 0 aromatic rings. The predicted molar refractivity (Wildman–Crippen MR) is 70.4 cm³/mol. The van der Waals surface area contributed by atoms with Crippen LogP contribution in [0, 0.1) is 0 Å². The molecule has 114 valence electrons. The van der Waals surface area contributed by atoms with Crippen LogP contribution in [0.15, 0.2) is 16.3 Å². The average Bonchev–Trinajstić information content (AvgIpc) is 2.46. The minimum absolute atomic E-state index is 0.0177. The van der Waals surface area contributed by atoms with Gasteiger partial charge in [-0.3, -0.25) is 0 Å². The number of piperidine rings is 1. The molecule has 0 spiro atoms. The highest BCUT2D eigenvalue weighted by molar-refractivity contribution is 5.76. The Labute approximate surface area is 116 Å². The van der Waals surface area contributed by atoms with Gasteiger partial charge in [-0.15, -0.1) is 0 Å². The molecule has 0 aliphatic carbocycles. The summed E-state index contributed by atoms with van der Waals surface area (Å²) in [6.45, 7) is 2.99. The van der Waals surface area contributed by atoms with Crippen molar-refractivity contribution >= 4 is 6.02 Å². The predicted octanol–water partition coefficient (Wildman–Crippen LogP) is 2.28. The fourth-order valence-electron chi connectivity index (χ4n) is 2.48. The van der Waals surface area contributed by atoms with E-state index >= 15 is 0 Å². The summed E-state index contributed by atoms with van der Waals surface area (Å²) in [7, 11) is 1.90. The van der Waals surface area contributed by atoms with Crippen molar-refractivity contribution in [3.8, 4) is 0 Å². The molecule has 4 nitrogen and oxygen atoms in total. The maximum Gasteiger partial charge on any atom is 0.433 e. The van der Waals surface area contributed by atoms with E-state index in [1.807, 2.05) is 7.05 Å². The first-order valence-electron chi connectivity index (χ1n) is 6.88. The number of amidine groups is 1. The first-order chi connectivity index (χ1) is 9.45. The molecule has 1 N–H and O–H groups in total. The maximum atomic E-state index is 13.0. The lowest BCUT2D eigenvalue weighted by atomic mass is 10.1. The summed E-state index contributed by atoms with van der Waals surface area (Å²) in [5, 5.41) is 3.18. The normalized spacial score (nSPS) is 21.9. The third kappa shape index (κ3) is 3.26. The summed E-state index contributed by atoms with van der Waals surface area (Å²) in [6.07, 6.45) is -2.35. The monoisotopic (exact) mass is 291 g/mol. The van der Waals surface area contributed by atoms with Gasteiger partial charge in [0.05, 0.1) is 0 Å². The zero-order chi connectivity index (χ0) is 14.8. The van der Waals surface area contributed by atoms with Crippen molar-refractivity contribution in [3.63, 3.8) is 0 Å². The zero-order valence-electron chi connectivity index (χ0n) is 11.8. The Morgan fingerprint density at radius 3 is 2.50 bits per heavy atom. The summed E-state index contributed by atoms with van der Waals surface area (Å²) in [5.41, 5.74) is -0.566. The molecule has 0 amide bonds. The van der Waals surface area contributed by atoms with E-state index in [1.54, 1.807) is 11.8 Å². The molecular formula is C13H20F3N3O. The van der Waals surface area contributed by atoms with Gasteiger partial charge in [-0.05, 0) is 31.9 Å². The standard InChI is InChI=1S/C13H20F3N3O/c1-3-9-8-20-12(18-11(9)13(14,15)16)19-6-4-10(17-2)5-7-19/h10,17H,3-8H2,1-2H3. The number of nitrogens with one attached hydrogen (secondary N) is 1. The van der Waals surface area contributed by atoms with Gasteiger partial charge >= 0.3 is 6.18 Å². The van der Waals surface area contributed by atoms with Gasteiger partial charge in [0.1, 0.15) is 6.61 Å². The Morgan fingerprint density at radius 1 is 1.35 bits per heavy atom. The zero-order valence-corrected chi connectivity index (χ0v) is 11.8. The lowest BCUT2D eigenvalue weighted by Crippen LogP contribution is -2.45. The Balaban J connectivity index is 2.14. The number of allylic oxidation sites excluding steroid dienone is 1. The average molecular weight is 291 g/mol. The topological polar surface area (TPSA) is 36.9 Å². The lowest BCUT2D eigenvalue weighted by Gasteiger charge is -2.34. The molecule has 0 saturated carbocycles. The van der Waals surface area contributed by atoms with Crippen LogP contribution >= 0.6 is 0 Å². The maximum absolute atomic E-state index is 13.0. The van der Waals surface area contributed by atoms with Crippen LogP contribution in [0.5, 0.6) is 0 Å². The fourth-order valence-corrected chi connectivity index (χ4v) is 2.48. The summed E-state index contributed by atoms with van der Waals surface area (Å²) in [4.78, 5) is 5.53. The molecule has 0 aromatic heterocycles. The Bertz CT molecular complexity index is 410. The van der Waals surface area contributed by atoms with Gasteiger partial charge in [0.2, 0.25) is 0 Å². The Kier molecular flexibility index (Phi) is 4.57. The number of rotatable bonds is 2. The lowest BCUT2D eigenvalue weighted by molar-refractivity contribution is -0.0949. The van der Waals surface area contributed by atoms with Gasteiger partial charge in [-0.1, -0.05) is 6.92 Å². The van der Waals surface area contributed by atoms with Crippen LogP contribution in [0.1, 0.15) is 26.2 Å². The van der Waals surface area contributed by atoms with Crippen LogP contribution < -0.4 is 5.32 Å². The SMILES string of the molecule is CCC1=C(C(F)(F)F)N=C(N2CCC(NC)CC2)OC1. The van der Waals surface area contributed by atoms with Crippen molar-refractivity contribution in [2.24, 2.45) is 4.99 Å². The van der Waals surface area contributed by atoms with Crippen molar-refractivity contribution in [3.05, 3.63) is 11.3 Å². The van der Waals surface area contributed by atoms with Crippen molar-refractivity contribution < 1.29 is 17.9 Å². The van der Waals surface area contributed by atoms with Crippen molar-refractivity contribution in [2.45, 2.75) is 38.4 Å². The molecule has 0 atom stereocenters. The molecule has 0 unspecified atom stereocenters. The van der Waals surface area contributed by atoms with Gasteiger partial charge in [0.15, 0.2) is 5.70 Å². The molecule has 20 heavy (non-hydrogen) atoms. The summed E-state index contributed by atoms with van der Waals surface area (Å²) in [6, 6.07) is 0.531. The van der Waals surface area contributed by atoms with E-state index in [2.05, 4.69) is 10.3 Å². The molecule has 0 aromatic carbocycles. The number of aliphatic imine (C=N–C) groups is 1. The van der Waals surface area contributed by atoms with Crippen molar-refractivity contribution in [1.29, 1.82) is 0 Å². The molecule has 0 radical (unpaired) electrons. The number of alkyl halides is 3. The number of hydrogen-bond acceptors (Lipinski definition) is 4.